The lowest BCUT2D eigenvalue weighted by molar-refractivity contribution is 0.0760. The summed E-state index contributed by atoms with van der Waals surface area (Å²) in [6.07, 6.45) is 2.74. The van der Waals surface area contributed by atoms with Crippen LogP contribution in [0.5, 0.6) is 0 Å². The minimum Gasteiger partial charge on any atom is -0.439 e. The molecule has 2 aromatic carbocycles. The van der Waals surface area contributed by atoms with E-state index in [0.29, 0.717) is 6.54 Å². The molecule has 0 aliphatic carbocycles. The second-order valence-corrected chi connectivity index (χ2v) is 7.28. The number of nitrogens with zero attached hydrogens (tertiary/aromatic N) is 3. The molecule has 0 saturated carbocycles. The summed E-state index contributed by atoms with van der Waals surface area (Å²) in [4.78, 5) is 21.5. The first kappa shape index (κ1) is 18.4. The van der Waals surface area contributed by atoms with Crippen LogP contribution in [-0.4, -0.2) is 46.9 Å². The molecule has 5 heteroatoms. The number of aryl methyl sites for hydroxylation is 1. The number of hydrogen-bond donors (Lipinski definition) is 0. The molecule has 3 aromatic rings. The third kappa shape index (κ3) is 4.31. The minimum absolute atomic E-state index is 0.119. The lowest BCUT2D eigenvalue weighted by atomic mass is 10.1. The monoisotopic (exact) mass is 375 g/mol. The Labute approximate surface area is 165 Å². The molecular weight excluding hydrogens is 350 g/mol. The lowest BCUT2D eigenvalue weighted by Gasteiger charge is -2.21. The lowest BCUT2D eigenvalue weighted by Crippen LogP contribution is -2.35. The molecule has 144 valence electrons. The Morgan fingerprint density at radius 2 is 1.89 bits per heavy atom. The third-order valence-electron chi connectivity index (χ3n) is 5.11. The van der Waals surface area contributed by atoms with E-state index in [1.807, 2.05) is 66.4 Å². The van der Waals surface area contributed by atoms with E-state index >= 15 is 0 Å². The summed E-state index contributed by atoms with van der Waals surface area (Å²) >= 11 is 0. The normalized spacial score (nSPS) is 15.4. The summed E-state index contributed by atoms with van der Waals surface area (Å²) < 4.78 is 5.94. The molecule has 0 unspecified atom stereocenters. The van der Waals surface area contributed by atoms with Gasteiger partial charge in [-0.2, -0.15) is 0 Å². The average molecular weight is 375 g/mol. The first-order chi connectivity index (χ1) is 13.7. The highest BCUT2D eigenvalue weighted by atomic mass is 16.4. The van der Waals surface area contributed by atoms with Crippen molar-refractivity contribution in [2.75, 3.05) is 26.2 Å². The predicted molar refractivity (Wildman–Crippen MR) is 109 cm³/mol. The van der Waals surface area contributed by atoms with Crippen LogP contribution in [0.25, 0.3) is 11.3 Å². The molecule has 1 aliphatic rings. The van der Waals surface area contributed by atoms with E-state index < -0.39 is 0 Å². The first-order valence-corrected chi connectivity index (χ1v) is 9.77. The molecule has 0 spiro atoms. The smallest absolute Gasteiger partial charge is 0.253 e. The Morgan fingerprint density at radius 1 is 1.04 bits per heavy atom. The molecule has 1 aliphatic heterocycles. The van der Waals surface area contributed by atoms with Gasteiger partial charge in [-0.05, 0) is 25.5 Å². The van der Waals surface area contributed by atoms with E-state index in [1.165, 1.54) is 0 Å². The molecule has 0 bridgehead atoms. The third-order valence-corrected chi connectivity index (χ3v) is 5.11. The van der Waals surface area contributed by atoms with Gasteiger partial charge in [0.05, 0.1) is 12.7 Å². The molecule has 0 N–H and O–H groups in total. The number of carbonyl (C=O) groups excluding carboxylic acids is 1. The van der Waals surface area contributed by atoms with Crippen molar-refractivity contribution in [3.63, 3.8) is 0 Å². The fourth-order valence-electron chi connectivity index (χ4n) is 3.60. The van der Waals surface area contributed by atoms with Gasteiger partial charge in [0.2, 0.25) is 5.89 Å². The van der Waals surface area contributed by atoms with Crippen LogP contribution in [0, 0.1) is 6.92 Å². The van der Waals surface area contributed by atoms with Crippen molar-refractivity contribution in [2.45, 2.75) is 19.9 Å². The molecule has 1 amide bonds. The Balaban J connectivity index is 1.37. The van der Waals surface area contributed by atoms with Gasteiger partial charge in [-0.25, -0.2) is 4.98 Å². The van der Waals surface area contributed by atoms with Crippen molar-refractivity contribution in [1.29, 1.82) is 0 Å². The van der Waals surface area contributed by atoms with Gasteiger partial charge in [0, 0.05) is 37.3 Å². The van der Waals surface area contributed by atoms with Gasteiger partial charge >= 0.3 is 0 Å². The van der Waals surface area contributed by atoms with Crippen molar-refractivity contribution >= 4 is 5.91 Å². The van der Waals surface area contributed by atoms with Crippen molar-refractivity contribution in [3.8, 4) is 11.3 Å². The minimum atomic E-state index is 0.119. The predicted octanol–water partition coefficient (Wildman–Crippen LogP) is 4.00. The maximum atomic E-state index is 12.8. The van der Waals surface area contributed by atoms with Gasteiger partial charge in [-0.1, -0.05) is 48.0 Å². The van der Waals surface area contributed by atoms with Crippen LogP contribution in [-0.2, 0) is 6.54 Å². The van der Waals surface area contributed by atoms with Crippen molar-refractivity contribution in [3.05, 3.63) is 77.8 Å². The standard InChI is InChI=1S/C23H25N3O2/c1-18-7-5-10-20(15-18)23(27)26-12-6-11-25(13-14-26)17-22-24-16-21(28-22)19-8-3-2-4-9-19/h2-5,7-10,15-16H,6,11-14,17H2,1H3. The van der Waals surface area contributed by atoms with Gasteiger partial charge in [0.25, 0.3) is 5.91 Å². The van der Waals surface area contributed by atoms with Gasteiger partial charge < -0.3 is 9.32 Å². The van der Waals surface area contributed by atoms with Crippen LogP contribution in [0.1, 0.15) is 28.2 Å². The van der Waals surface area contributed by atoms with Crippen molar-refractivity contribution < 1.29 is 9.21 Å². The highest BCUT2D eigenvalue weighted by molar-refractivity contribution is 5.94. The second kappa shape index (κ2) is 8.40. The molecule has 5 nitrogen and oxygen atoms in total. The van der Waals surface area contributed by atoms with Gasteiger partial charge in [0.1, 0.15) is 0 Å². The fourth-order valence-corrected chi connectivity index (χ4v) is 3.60. The molecule has 1 fully saturated rings. The second-order valence-electron chi connectivity index (χ2n) is 7.28. The Morgan fingerprint density at radius 3 is 2.71 bits per heavy atom. The zero-order valence-corrected chi connectivity index (χ0v) is 16.2. The zero-order chi connectivity index (χ0) is 19.3. The summed E-state index contributed by atoms with van der Waals surface area (Å²) in [6, 6.07) is 17.8. The largest absolute Gasteiger partial charge is 0.439 e. The molecule has 1 saturated heterocycles. The van der Waals surface area contributed by atoms with Crippen molar-refractivity contribution in [1.82, 2.24) is 14.8 Å². The van der Waals surface area contributed by atoms with E-state index in [0.717, 1.165) is 60.9 Å². The molecule has 0 atom stereocenters. The number of hydrogen-bond acceptors (Lipinski definition) is 4. The Kier molecular flexibility index (Phi) is 5.53. The number of benzene rings is 2. The number of carbonyl (C=O) groups is 1. The average Bonchev–Trinajstić information content (AvgIpc) is 3.06. The molecule has 2 heterocycles. The van der Waals surface area contributed by atoms with Crippen LogP contribution in [0.4, 0.5) is 0 Å². The van der Waals surface area contributed by atoms with Gasteiger partial charge in [-0.15, -0.1) is 0 Å². The number of amides is 1. The van der Waals surface area contributed by atoms with E-state index in [1.54, 1.807) is 6.20 Å². The highest BCUT2D eigenvalue weighted by Crippen LogP contribution is 2.21. The first-order valence-electron chi connectivity index (χ1n) is 9.77. The van der Waals surface area contributed by atoms with Crippen molar-refractivity contribution in [2.24, 2.45) is 0 Å². The molecule has 28 heavy (non-hydrogen) atoms. The molecular formula is C23H25N3O2. The van der Waals surface area contributed by atoms with Crippen LogP contribution in [0.15, 0.2) is 65.2 Å². The quantitative estimate of drug-likeness (QED) is 0.692. The SMILES string of the molecule is Cc1cccc(C(=O)N2CCCN(Cc3ncc(-c4ccccc4)o3)CC2)c1. The topological polar surface area (TPSA) is 49.6 Å². The van der Waals surface area contributed by atoms with Crippen LogP contribution < -0.4 is 0 Å². The summed E-state index contributed by atoms with van der Waals surface area (Å²) in [6.45, 7) is 5.94. The zero-order valence-electron chi connectivity index (χ0n) is 16.2. The van der Waals surface area contributed by atoms with E-state index in [9.17, 15) is 4.79 Å². The van der Waals surface area contributed by atoms with Crippen LogP contribution in [0.3, 0.4) is 0 Å². The highest BCUT2D eigenvalue weighted by Gasteiger charge is 2.21. The van der Waals surface area contributed by atoms with Gasteiger partial charge in [0.15, 0.2) is 5.76 Å². The van der Waals surface area contributed by atoms with Gasteiger partial charge in [-0.3, -0.25) is 9.69 Å². The summed E-state index contributed by atoms with van der Waals surface area (Å²) in [5.41, 5.74) is 2.92. The number of rotatable bonds is 4. The summed E-state index contributed by atoms with van der Waals surface area (Å²) in [5, 5.41) is 0. The molecule has 0 radical (unpaired) electrons. The van der Waals surface area contributed by atoms with Crippen LogP contribution in [0.2, 0.25) is 0 Å². The fraction of sp³-hybridized carbons (Fsp3) is 0.304. The molecule has 1 aromatic heterocycles. The maximum Gasteiger partial charge on any atom is 0.253 e. The van der Waals surface area contributed by atoms with E-state index in [2.05, 4.69) is 9.88 Å². The Bertz CT molecular complexity index is 936. The van der Waals surface area contributed by atoms with E-state index in [-0.39, 0.29) is 5.91 Å². The van der Waals surface area contributed by atoms with E-state index in [4.69, 9.17) is 4.42 Å². The number of oxazole rings is 1. The summed E-state index contributed by atoms with van der Waals surface area (Å²) in [5.74, 6) is 1.63. The Hall–Kier alpha value is -2.92. The summed E-state index contributed by atoms with van der Waals surface area (Å²) in [7, 11) is 0. The maximum absolute atomic E-state index is 12.8. The number of aromatic nitrogens is 1. The van der Waals surface area contributed by atoms with Crippen LogP contribution >= 0.6 is 0 Å². The molecule has 4 rings (SSSR count).